The van der Waals surface area contributed by atoms with E-state index in [2.05, 4.69) is 38.4 Å². The van der Waals surface area contributed by atoms with E-state index in [-0.39, 0.29) is 0 Å². The fraction of sp³-hybridized carbons (Fsp3) is 0.111. The summed E-state index contributed by atoms with van der Waals surface area (Å²) in [6.45, 7) is 0.858. The fourth-order valence-electron chi connectivity index (χ4n) is 2.96. The Hall–Kier alpha value is -2.79. The number of para-hydroxylation sites is 1. The van der Waals surface area contributed by atoms with Crippen molar-refractivity contribution >= 4 is 40.3 Å². The average Bonchev–Trinajstić information content (AvgIpc) is 3.01. The van der Waals surface area contributed by atoms with Gasteiger partial charge >= 0.3 is 0 Å². The van der Waals surface area contributed by atoms with E-state index in [4.69, 9.17) is 17.3 Å². The molecule has 4 rings (SSSR count). The lowest BCUT2D eigenvalue weighted by molar-refractivity contribution is 0.967. The fourth-order valence-corrected chi connectivity index (χ4v) is 3.15. The van der Waals surface area contributed by atoms with Crippen LogP contribution in [0.5, 0.6) is 0 Å². The van der Waals surface area contributed by atoms with Gasteiger partial charge in [-0.05, 0) is 36.2 Å². The van der Waals surface area contributed by atoms with Crippen LogP contribution in [0.3, 0.4) is 0 Å². The van der Waals surface area contributed by atoms with Gasteiger partial charge in [-0.15, -0.1) is 0 Å². The number of fused-ring (bicyclic) bond motifs is 1. The predicted octanol–water partition coefficient (Wildman–Crippen LogP) is 4.15. The number of benzene rings is 2. The maximum absolute atomic E-state index is 6.34. The van der Waals surface area contributed by atoms with Crippen LogP contribution in [0.2, 0.25) is 5.02 Å². The van der Waals surface area contributed by atoms with Gasteiger partial charge in [-0.2, -0.15) is 0 Å². The molecule has 1 aliphatic heterocycles. The Labute approximate surface area is 145 Å². The molecule has 0 radical (unpaired) electrons. The lowest BCUT2D eigenvalue weighted by Crippen LogP contribution is -2.17. The highest BCUT2D eigenvalue weighted by molar-refractivity contribution is 6.30. The number of rotatable bonds is 3. The van der Waals surface area contributed by atoms with E-state index in [9.17, 15) is 0 Å². The van der Waals surface area contributed by atoms with Crippen LogP contribution in [0.1, 0.15) is 5.56 Å². The quantitative estimate of drug-likeness (QED) is 0.751. The zero-order chi connectivity index (χ0) is 16.5. The van der Waals surface area contributed by atoms with E-state index in [0.717, 1.165) is 30.2 Å². The first-order valence-electron chi connectivity index (χ1n) is 7.71. The second-order valence-electron chi connectivity index (χ2n) is 5.63. The molecular weight excluding hydrogens is 322 g/mol. The molecule has 0 bridgehead atoms. The number of nitrogen functional groups attached to an aromatic ring is 1. The Balaban J connectivity index is 1.69. The largest absolute Gasteiger partial charge is 0.393 e. The number of aromatic nitrogens is 2. The zero-order valence-corrected chi connectivity index (χ0v) is 13.7. The molecule has 2 aromatic carbocycles. The first-order valence-corrected chi connectivity index (χ1v) is 8.08. The summed E-state index contributed by atoms with van der Waals surface area (Å²) in [6, 6.07) is 15.7. The van der Waals surface area contributed by atoms with Crippen molar-refractivity contribution in [1.82, 2.24) is 9.97 Å². The second-order valence-corrected chi connectivity index (χ2v) is 6.06. The van der Waals surface area contributed by atoms with Crippen LogP contribution >= 0.6 is 11.6 Å². The molecular formula is C18H16ClN5. The topological polar surface area (TPSA) is 67.1 Å². The molecule has 0 unspecified atom stereocenters. The molecule has 3 N–H and O–H groups in total. The van der Waals surface area contributed by atoms with E-state index in [1.54, 1.807) is 0 Å². The summed E-state index contributed by atoms with van der Waals surface area (Å²) in [5, 5.41) is 3.87. The normalized spacial score (nSPS) is 13.0. The van der Waals surface area contributed by atoms with Crippen molar-refractivity contribution in [2.24, 2.45) is 0 Å². The van der Waals surface area contributed by atoms with Gasteiger partial charge < -0.3 is 16.0 Å². The van der Waals surface area contributed by atoms with Gasteiger partial charge in [-0.1, -0.05) is 35.9 Å². The highest BCUT2D eigenvalue weighted by Gasteiger charge is 2.23. The molecule has 0 aliphatic carbocycles. The van der Waals surface area contributed by atoms with Crippen molar-refractivity contribution < 1.29 is 0 Å². The Bertz CT molecular complexity index is 896. The highest BCUT2D eigenvalue weighted by atomic mass is 35.5. The lowest BCUT2D eigenvalue weighted by Gasteiger charge is -2.21. The number of nitrogens with zero attached hydrogens (tertiary/aromatic N) is 3. The smallest absolute Gasteiger partial charge is 0.161 e. The number of halogens is 1. The molecule has 0 saturated heterocycles. The standard InChI is InChI=1S/C18H16ClN5/c19-13-5-3-6-14(10-13)23-17-16(20)18(22-11-21-17)24-9-8-12-4-1-2-7-15(12)24/h1-7,10-11H,8-9,20H2,(H,21,22,23). The monoisotopic (exact) mass is 337 g/mol. The van der Waals surface area contributed by atoms with Crippen LogP contribution in [0.25, 0.3) is 0 Å². The summed E-state index contributed by atoms with van der Waals surface area (Å²) < 4.78 is 0. The third kappa shape index (κ3) is 2.63. The lowest BCUT2D eigenvalue weighted by atomic mass is 10.2. The SMILES string of the molecule is Nc1c(Nc2cccc(Cl)c2)ncnc1N1CCc2ccccc21. The average molecular weight is 338 g/mol. The summed E-state index contributed by atoms with van der Waals surface area (Å²) in [6.07, 6.45) is 2.51. The summed E-state index contributed by atoms with van der Waals surface area (Å²) in [7, 11) is 0. The molecule has 24 heavy (non-hydrogen) atoms. The van der Waals surface area contributed by atoms with Crippen LogP contribution in [0.15, 0.2) is 54.9 Å². The summed E-state index contributed by atoms with van der Waals surface area (Å²) in [4.78, 5) is 10.8. The predicted molar refractivity (Wildman–Crippen MR) is 98.3 cm³/mol. The van der Waals surface area contributed by atoms with Gasteiger partial charge in [-0.25, -0.2) is 9.97 Å². The number of nitrogens with two attached hydrogens (primary N) is 1. The third-order valence-electron chi connectivity index (χ3n) is 4.09. The van der Waals surface area contributed by atoms with E-state index in [1.165, 1.54) is 11.9 Å². The van der Waals surface area contributed by atoms with Crippen molar-refractivity contribution in [3.8, 4) is 0 Å². The Kier molecular flexibility index (Phi) is 3.70. The van der Waals surface area contributed by atoms with E-state index >= 15 is 0 Å². The molecule has 0 amide bonds. The summed E-state index contributed by atoms with van der Waals surface area (Å²) in [5.74, 6) is 1.30. The molecule has 5 nitrogen and oxygen atoms in total. The minimum atomic E-state index is 0.522. The zero-order valence-electron chi connectivity index (χ0n) is 12.9. The van der Waals surface area contributed by atoms with E-state index in [0.29, 0.717) is 16.5 Å². The summed E-state index contributed by atoms with van der Waals surface area (Å²) in [5.41, 5.74) is 10.2. The number of anilines is 5. The van der Waals surface area contributed by atoms with Gasteiger partial charge in [-0.3, -0.25) is 0 Å². The Morgan fingerprint density at radius 3 is 2.83 bits per heavy atom. The van der Waals surface area contributed by atoms with Crippen molar-refractivity contribution in [3.63, 3.8) is 0 Å². The van der Waals surface area contributed by atoms with Crippen LogP contribution < -0.4 is 16.0 Å². The minimum Gasteiger partial charge on any atom is -0.393 e. The number of nitrogens with one attached hydrogen (secondary N) is 1. The summed E-state index contributed by atoms with van der Waals surface area (Å²) >= 11 is 6.03. The van der Waals surface area contributed by atoms with Crippen LogP contribution in [-0.2, 0) is 6.42 Å². The van der Waals surface area contributed by atoms with Gasteiger partial charge in [0, 0.05) is 22.9 Å². The van der Waals surface area contributed by atoms with Gasteiger partial charge in [0.25, 0.3) is 0 Å². The second kappa shape index (κ2) is 6.02. The molecule has 0 saturated carbocycles. The molecule has 6 heteroatoms. The van der Waals surface area contributed by atoms with Crippen molar-refractivity contribution in [3.05, 3.63) is 65.4 Å². The van der Waals surface area contributed by atoms with Crippen LogP contribution in [0.4, 0.5) is 28.7 Å². The minimum absolute atomic E-state index is 0.522. The Morgan fingerprint density at radius 2 is 1.96 bits per heavy atom. The van der Waals surface area contributed by atoms with Gasteiger partial charge in [0.2, 0.25) is 0 Å². The molecule has 2 heterocycles. The molecule has 1 aliphatic rings. The molecule has 3 aromatic rings. The highest BCUT2D eigenvalue weighted by Crippen LogP contribution is 2.38. The van der Waals surface area contributed by atoms with Crippen molar-refractivity contribution in [1.29, 1.82) is 0 Å². The first-order chi connectivity index (χ1) is 11.7. The number of hydrogen-bond acceptors (Lipinski definition) is 5. The van der Waals surface area contributed by atoms with Crippen LogP contribution in [0, 0.1) is 0 Å². The van der Waals surface area contributed by atoms with Gasteiger partial charge in [0.15, 0.2) is 11.6 Å². The van der Waals surface area contributed by atoms with E-state index < -0.39 is 0 Å². The maximum atomic E-state index is 6.34. The van der Waals surface area contributed by atoms with Gasteiger partial charge in [0.1, 0.15) is 12.0 Å². The number of hydrogen-bond donors (Lipinski definition) is 2. The van der Waals surface area contributed by atoms with Crippen molar-refractivity contribution in [2.75, 3.05) is 22.5 Å². The molecule has 0 spiro atoms. The third-order valence-corrected chi connectivity index (χ3v) is 4.33. The van der Waals surface area contributed by atoms with Gasteiger partial charge in [0.05, 0.1) is 0 Å². The maximum Gasteiger partial charge on any atom is 0.161 e. The Morgan fingerprint density at radius 1 is 1.08 bits per heavy atom. The van der Waals surface area contributed by atoms with Crippen LogP contribution in [-0.4, -0.2) is 16.5 Å². The van der Waals surface area contributed by atoms with Crippen molar-refractivity contribution in [2.45, 2.75) is 6.42 Å². The molecule has 120 valence electrons. The molecule has 1 aromatic heterocycles. The molecule has 0 atom stereocenters. The van der Waals surface area contributed by atoms with E-state index in [1.807, 2.05) is 30.3 Å². The molecule has 0 fully saturated rings. The first kappa shape index (κ1) is 14.8.